The number of anilines is 1. The Balaban J connectivity index is 1.36. The third kappa shape index (κ3) is 4.60. The molecule has 1 aliphatic heterocycles. The normalized spacial score (nSPS) is 13.8. The number of fused-ring (bicyclic) bond motifs is 1. The van der Waals surface area contributed by atoms with E-state index in [2.05, 4.69) is 10.2 Å². The molecule has 1 fully saturated rings. The van der Waals surface area contributed by atoms with Gasteiger partial charge in [-0.05, 0) is 41.2 Å². The number of nitro benzene ring substituents is 1. The molecule has 4 rings (SSSR count). The number of hydrogen-bond acceptors (Lipinski definition) is 5. The molecule has 1 saturated heterocycles. The zero-order valence-corrected chi connectivity index (χ0v) is 18.0. The maximum atomic E-state index is 12.7. The van der Waals surface area contributed by atoms with E-state index in [4.69, 9.17) is 23.8 Å². The van der Waals surface area contributed by atoms with Crippen molar-refractivity contribution in [2.24, 2.45) is 0 Å². The molecule has 3 aromatic carbocycles. The number of non-ortho nitro benzene ring substituents is 1. The van der Waals surface area contributed by atoms with Crippen molar-refractivity contribution in [1.29, 1.82) is 0 Å². The second kappa shape index (κ2) is 8.87. The molecule has 1 aliphatic rings. The van der Waals surface area contributed by atoms with E-state index in [9.17, 15) is 14.9 Å². The third-order valence-electron chi connectivity index (χ3n) is 5.28. The van der Waals surface area contributed by atoms with E-state index < -0.39 is 4.92 Å². The van der Waals surface area contributed by atoms with Crippen LogP contribution in [0.5, 0.6) is 0 Å². The van der Waals surface area contributed by atoms with Gasteiger partial charge in [0.2, 0.25) is 0 Å². The second-order valence-electron chi connectivity index (χ2n) is 7.19. The first-order valence-corrected chi connectivity index (χ1v) is 10.5. The summed E-state index contributed by atoms with van der Waals surface area (Å²) in [5.74, 6) is -0.239. The molecule has 3 aromatic rings. The van der Waals surface area contributed by atoms with Crippen LogP contribution in [-0.4, -0.2) is 47.0 Å². The Labute approximate surface area is 189 Å². The van der Waals surface area contributed by atoms with Gasteiger partial charge in [0.15, 0.2) is 5.11 Å². The van der Waals surface area contributed by atoms with E-state index in [-0.39, 0.29) is 11.6 Å². The average molecular weight is 455 g/mol. The number of carbonyl (C=O) groups is 1. The van der Waals surface area contributed by atoms with Crippen LogP contribution >= 0.6 is 23.8 Å². The van der Waals surface area contributed by atoms with Gasteiger partial charge >= 0.3 is 0 Å². The number of nitrogens with zero attached hydrogens (tertiary/aromatic N) is 3. The Bertz CT molecular complexity index is 1180. The Kier molecular flexibility index (Phi) is 6.01. The van der Waals surface area contributed by atoms with Crippen molar-refractivity contribution in [2.75, 3.05) is 31.1 Å². The van der Waals surface area contributed by atoms with Gasteiger partial charge in [-0.1, -0.05) is 41.9 Å². The number of nitrogens with one attached hydrogen (secondary N) is 1. The summed E-state index contributed by atoms with van der Waals surface area (Å²) in [4.78, 5) is 27.1. The van der Waals surface area contributed by atoms with Crippen molar-refractivity contribution in [3.63, 3.8) is 0 Å². The molecule has 1 amide bonds. The second-order valence-corrected chi connectivity index (χ2v) is 7.98. The first kappa shape index (κ1) is 21.0. The minimum Gasteiger partial charge on any atom is -0.367 e. The fraction of sp³-hybridized carbons (Fsp3) is 0.182. The fourth-order valence-electron chi connectivity index (χ4n) is 3.60. The Morgan fingerprint density at radius 2 is 1.71 bits per heavy atom. The zero-order valence-electron chi connectivity index (χ0n) is 16.5. The van der Waals surface area contributed by atoms with Crippen LogP contribution in [0.25, 0.3) is 10.8 Å². The van der Waals surface area contributed by atoms with Crippen molar-refractivity contribution in [2.45, 2.75) is 0 Å². The number of benzene rings is 3. The van der Waals surface area contributed by atoms with Gasteiger partial charge in [-0.15, -0.1) is 0 Å². The standard InChI is InChI=1S/C22H19ClN4O3S/c23-19-14-18(27(29)30)7-8-20(19)25-9-11-26(12-10-25)22(31)24-21(28)17-6-5-15-3-1-2-4-16(15)13-17/h1-8,13-14H,9-12H2,(H,24,28,31). The van der Waals surface area contributed by atoms with Gasteiger partial charge in [-0.3, -0.25) is 20.2 Å². The smallest absolute Gasteiger partial charge is 0.271 e. The average Bonchev–Trinajstić information content (AvgIpc) is 2.78. The molecule has 0 aliphatic carbocycles. The summed E-state index contributed by atoms with van der Waals surface area (Å²) in [6.45, 7) is 2.46. The molecular formula is C22H19ClN4O3S. The van der Waals surface area contributed by atoms with Crippen LogP contribution in [0, 0.1) is 10.1 Å². The predicted octanol–water partition coefficient (Wildman–Crippen LogP) is 4.24. The number of halogens is 1. The van der Waals surface area contributed by atoms with E-state index in [0.29, 0.717) is 41.9 Å². The van der Waals surface area contributed by atoms with E-state index in [1.165, 1.54) is 12.1 Å². The van der Waals surface area contributed by atoms with Gasteiger partial charge in [-0.2, -0.15) is 0 Å². The Hall–Kier alpha value is -3.23. The molecule has 0 spiro atoms. The van der Waals surface area contributed by atoms with Crippen LogP contribution in [0.3, 0.4) is 0 Å². The Morgan fingerprint density at radius 3 is 2.39 bits per heavy atom. The molecule has 0 atom stereocenters. The van der Waals surface area contributed by atoms with Gasteiger partial charge < -0.3 is 9.80 Å². The molecule has 9 heteroatoms. The van der Waals surface area contributed by atoms with Gasteiger partial charge in [0.25, 0.3) is 11.6 Å². The highest BCUT2D eigenvalue weighted by atomic mass is 35.5. The Morgan fingerprint density at radius 1 is 1.00 bits per heavy atom. The summed E-state index contributed by atoms with van der Waals surface area (Å²) in [6, 6.07) is 17.9. The van der Waals surface area contributed by atoms with E-state index in [0.717, 1.165) is 16.5 Å². The molecule has 31 heavy (non-hydrogen) atoms. The molecule has 0 unspecified atom stereocenters. The van der Waals surface area contributed by atoms with Crippen LogP contribution in [0.1, 0.15) is 10.4 Å². The van der Waals surface area contributed by atoms with Gasteiger partial charge in [0.05, 0.1) is 15.6 Å². The van der Waals surface area contributed by atoms with Crippen molar-refractivity contribution in [3.8, 4) is 0 Å². The van der Waals surface area contributed by atoms with Crippen molar-refractivity contribution < 1.29 is 9.72 Å². The van der Waals surface area contributed by atoms with Crippen LogP contribution in [-0.2, 0) is 0 Å². The summed E-state index contributed by atoms with van der Waals surface area (Å²) >= 11 is 11.7. The molecule has 0 saturated carbocycles. The van der Waals surface area contributed by atoms with E-state index in [1.807, 2.05) is 41.3 Å². The first-order chi connectivity index (χ1) is 14.9. The SMILES string of the molecule is O=C(NC(=S)N1CCN(c2ccc([N+](=O)[O-])cc2Cl)CC1)c1ccc2ccccc2c1. The minimum atomic E-state index is -0.468. The quantitative estimate of drug-likeness (QED) is 0.362. The molecule has 0 bridgehead atoms. The molecule has 0 radical (unpaired) electrons. The van der Waals surface area contributed by atoms with Gasteiger partial charge in [0.1, 0.15) is 0 Å². The summed E-state index contributed by atoms with van der Waals surface area (Å²) < 4.78 is 0. The van der Waals surface area contributed by atoms with Crippen molar-refractivity contribution in [1.82, 2.24) is 10.2 Å². The number of hydrogen-bond donors (Lipinski definition) is 1. The minimum absolute atomic E-state index is 0.0371. The monoisotopic (exact) mass is 454 g/mol. The lowest BCUT2D eigenvalue weighted by atomic mass is 10.1. The maximum absolute atomic E-state index is 12.7. The topological polar surface area (TPSA) is 78.7 Å². The van der Waals surface area contributed by atoms with Crippen LogP contribution < -0.4 is 10.2 Å². The summed E-state index contributed by atoms with van der Waals surface area (Å²) in [5, 5.41) is 16.5. The van der Waals surface area contributed by atoms with Crippen LogP contribution in [0.4, 0.5) is 11.4 Å². The predicted molar refractivity (Wildman–Crippen MR) is 126 cm³/mol. The largest absolute Gasteiger partial charge is 0.367 e. The lowest BCUT2D eigenvalue weighted by Crippen LogP contribution is -2.52. The third-order valence-corrected chi connectivity index (χ3v) is 5.94. The highest BCUT2D eigenvalue weighted by Gasteiger charge is 2.23. The molecule has 158 valence electrons. The lowest BCUT2D eigenvalue weighted by molar-refractivity contribution is -0.384. The molecule has 0 aromatic heterocycles. The van der Waals surface area contributed by atoms with Gasteiger partial charge in [-0.25, -0.2) is 0 Å². The fourth-order valence-corrected chi connectivity index (χ4v) is 4.16. The molecule has 1 heterocycles. The molecule has 1 N–H and O–H groups in total. The molecular weight excluding hydrogens is 436 g/mol. The van der Waals surface area contributed by atoms with Crippen molar-refractivity contribution in [3.05, 3.63) is 81.4 Å². The van der Waals surface area contributed by atoms with E-state index in [1.54, 1.807) is 12.1 Å². The van der Waals surface area contributed by atoms with Crippen LogP contribution in [0.2, 0.25) is 5.02 Å². The van der Waals surface area contributed by atoms with E-state index >= 15 is 0 Å². The zero-order chi connectivity index (χ0) is 22.0. The highest BCUT2D eigenvalue weighted by molar-refractivity contribution is 7.80. The van der Waals surface area contributed by atoms with Gasteiger partial charge in [0, 0.05) is 43.9 Å². The first-order valence-electron chi connectivity index (χ1n) is 9.70. The number of carbonyl (C=O) groups excluding carboxylic acids is 1. The summed E-state index contributed by atoms with van der Waals surface area (Å²) in [7, 11) is 0. The summed E-state index contributed by atoms with van der Waals surface area (Å²) in [6.07, 6.45) is 0. The number of amides is 1. The highest BCUT2D eigenvalue weighted by Crippen LogP contribution is 2.30. The van der Waals surface area contributed by atoms with Crippen LogP contribution in [0.15, 0.2) is 60.7 Å². The number of piperazine rings is 1. The lowest BCUT2D eigenvalue weighted by Gasteiger charge is -2.37. The number of thiocarbonyl (C=S) groups is 1. The molecule has 7 nitrogen and oxygen atoms in total. The maximum Gasteiger partial charge on any atom is 0.271 e. The van der Waals surface area contributed by atoms with Crippen molar-refractivity contribution >= 4 is 57.0 Å². The number of rotatable bonds is 3. The number of nitro groups is 1. The summed E-state index contributed by atoms with van der Waals surface area (Å²) in [5.41, 5.74) is 1.26.